The lowest BCUT2D eigenvalue weighted by molar-refractivity contribution is 0.331. The maximum absolute atomic E-state index is 12.7. The summed E-state index contributed by atoms with van der Waals surface area (Å²) in [5.74, 6) is 1.22. The molecule has 142 valence electrons. The predicted molar refractivity (Wildman–Crippen MR) is 108 cm³/mol. The van der Waals surface area contributed by atoms with Crippen LogP contribution in [-0.4, -0.2) is 29.7 Å². The van der Waals surface area contributed by atoms with Gasteiger partial charge in [-0.25, -0.2) is 14.6 Å². The van der Waals surface area contributed by atoms with E-state index in [1.54, 1.807) is 34.6 Å². The minimum atomic E-state index is -0.148. The fraction of sp³-hybridized carbons (Fsp3) is 0.350. The monoisotopic (exact) mass is 392 g/mol. The largest absolute Gasteiger partial charge is 0.310 e. The van der Waals surface area contributed by atoms with Crippen LogP contribution in [0.5, 0.6) is 0 Å². The molecule has 0 spiro atoms. The number of aromatic amines is 1. The molecule has 0 amide bonds. The molecule has 1 unspecified atom stereocenters. The molecule has 1 saturated carbocycles. The van der Waals surface area contributed by atoms with Gasteiger partial charge in [0.1, 0.15) is 11.2 Å². The van der Waals surface area contributed by atoms with E-state index in [1.807, 2.05) is 19.9 Å². The van der Waals surface area contributed by atoms with Crippen LogP contribution in [0, 0.1) is 20.8 Å². The molecule has 2 atom stereocenters. The first-order valence-corrected chi connectivity index (χ1v) is 10.2. The van der Waals surface area contributed by atoms with Crippen LogP contribution in [0.2, 0.25) is 0 Å². The topological polar surface area (TPSA) is 89.4 Å². The fourth-order valence-corrected chi connectivity index (χ4v) is 4.87. The molecule has 1 fully saturated rings. The van der Waals surface area contributed by atoms with Crippen LogP contribution in [-0.2, 0) is 0 Å². The van der Waals surface area contributed by atoms with Crippen molar-refractivity contribution in [1.29, 1.82) is 0 Å². The SMILES string of the molecule is Cc1ccncc1-n1ncc2c(=O)[nH]c([C@@H]3CCC3c3nc(C)c(C)s3)nc21. The van der Waals surface area contributed by atoms with E-state index in [9.17, 15) is 4.79 Å². The second kappa shape index (κ2) is 6.34. The highest BCUT2D eigenvalue weighted by Crippen LogP contribution is 2.49. The minimum absolute atomic E-state index is 0.148. The van der Waals surface area contributed by atoms with Crippen LogP contribution >= 0.6 is 11.3 Å². The molecule has 0 aromatic carbocycles. The first-order chi connectivity index (χ1) is 13.5. The molecule has 5 rings (SSSR count). The van der Waals surface area contributed by atoms with E-state index in [1.165, 1.54) is 4.88 Å². The van der Waals surface area contributed by atoms with Crippen molar-refractivity contribution in [2.75, 3.05) is 0 Å². The molecule has 0 bridgehead atoms. The van der Waals surface area contributed by atoms with Gasteiger partial charge in [-0.2, -0.15) is 5.10 Å². The van der Waals surface area contributed by atoms with E-state index in [0.717, 1.165) is 40.6 Å². The summed E-state index contributed by atoms with van der Waals surface area (Å²) < 4.78 is 1.71. The molecule has 1 N–H and O–H groups in total. The number of nitrogens with one attached hydrogen (secondary N) is 1. The Morgan fingerprint density at radius 3 is 2.64 bits per heavy atom. The van der Waals surface area contributed by atoms with Gasteiger partial charge in [0.05, 0.1) is 28.8 Å². The second-order valence-corrected chi connectivity index (χ2v) is 8.63. The zero-order valence-corrected chi connectivity index (χ0v) is 16.7. The number of fused-ring (bicyclic) bond motifs is 1. The number of rotatable bonds is 3. The number of aryl methyl sites for hydroxylation is 3. The van der Waals surface area contributed by atoms with E-state index >= 15 is 0 Å². The van der Waals surface area contributed by atoms with Crippen molar-refractivity contribution in [3.63, 3.8) is 0 Å². The van der Waals surface area contributed by atoms with Crippen LogP contribution in [0.4, 0.5) is 0 Å². The second-order valence-electron chi connectivity index (χ2n) is 7.39. The van der Waals surface area contributed by atoms with Crippen LogP contribution in [0.15, 0.2) is 29.5 Å². The molecule has 0 radical (unpaired) electrons. The maximum atomic E-state index is 12.7. The number of hydrogen-bond acceptors (Lipinski definition) is 6. The molecule has 7 nitrogen and oxygen atoms in total. The summed E-state index contributed by atoms with van der Waals surface area (Å²) in [5.41, 5.74) is 3.38. The lowest BCUT2D eigenvalue weighted by Crippen LogP contribution is -2.26. The van der Waals surface area contributed by atoms with Gasteiger partial charge in [-0.1, -0.05) is 0 Å². The smallest absolute Gasteiger partial charge is 0.262 e. The summed E-state index contributed by atoms with van der Waals surface area (Å²) in [5, 5.41) is 6.04. The Balaban J connectivity index is 1.60. The van der Waals surface area contributed by atoms with Crippen molar-refractivity contribution in [3.05, 3.63) is 62.0 Å². The summed E-state index contributed by atoms with van der Waals surface area (Å²) in [6.07, 6.45) is 7.13. The Hall–Kier alpha value is -2.87. The standard InChI is InChI=1S/C20H20N6OS/c1-10-6-7-21-9-16(10)26-18-15(8-22-26)19(27)25-17(24-18)13-4-5-14(13)20-23-11(2)12(3)28-20/h6-9,13-14H,4-5H2,1-3H3,(H,24,25,27)/t13-,14?/m1/s1. The number of hydrogen-bond donors (Lipinski definition) is 1. The van der Waals surface area contributed by atoms with Gasteiger partial charge in [0.25, 0.3) is 5.56 Å². The average Bonchev–Trinajstić information content (AvgIpc) is 3.18. The van der Waals surface area contributed by atoms with Gasteiger partial charge in [-0.05, 0) is 45.2 Å². The predicted octanol–water partition coefficient (Wildman–Crippen LogP) is 3.55. The van der Waals surface area contributed by atoms with Crippen molar-refractivity contribution < 1.29 is 0 Å². The van der Waals surface area contributed by atoms with Crippen molar-refractivity contribution in [2.45, 2.75) is 45.4 Å². The van der Waals surface area contributed by atoms with Gasteiger partial charge in [-0.3, -0.25) is 9.78 Å². The molecule has 28 heavy (non-hydrogen) atoms. The van der Waals surface area contributed by atoms with Gasteiger partial charge < -0.3 is 4.98 Å². The van der Waals surface area contributed by atoms with Gasteiger partial charge in [-0.15, -0.1) is 11.3 Å². The molecule has 4 heterocycles. The zero-order chi connectivity index (χ0) is 19.4. The Bertz CT molecular complexity index is 1230. The molecule has 8 heteroatoms. The van der Waals surface area contributed by atoms with Crippen LogP contribution in [0.25, 0.3) is 16.7 Å². The average molecular weight is 392 g/mol. The van der Waals surface area contributed by atoms with Crippen LogP contribution < -0.4 is 5.56 Å². The highest BCUT2D eigenvalue weighted by molar-refractivity contribution is 7.11. The number of pyridine rings is 1. The lowest BCUT2D eigenvalue weighted by atomic mass is 9.73. The van der Waals surface area contributed by atoms with E-state index in [0.29, 0.717) is 17.0 Å². The fourth-order valence-electron chi connectivity index (χ4n) is 3.74. The Labute approximate surface area is 165 Å². The van der Waals surface area contributed by atoms with Crippen molar-refractivity contribution in [1.82, 2.24) is 29.7 Å². The third-order valence-electron chi connectivity index (χ3n) is 5.68. The molecular weight excluding hydrogens is 372 g/mol. The molecule has 0 saturated heterocycles. The summed E-state index contributed by atoms with van der Waals surface area (Å²) in [4.78, 5) is 30.7. The molecule has 4 aromatic rings. The number of aromatic nitrogens is 6. The van der Waals surface area contributed by atoms with Crippen molar-refractivity contribution in [3.8, 4) is 5.69 Å². The summed E-state index contributed by atoms with van der Waals surface area (Å²) >= 11 is 1.75. The molecule has 1 aliphatic carbocycles. The maximum Gasteiger partial charge on any atom is 0.262 e. The van der Waals surface area contributed by atoms with E-state index in [-0.39, 0.29) is 11.5 Å². The third-order valence-corrected chi connectivity index (χ3v) is 6.89. The quantitative estimate of drug-likeness (QED) is 0.576. The number of nitrogens with zero attached hydrogens (tertiary/aromatic N) is 5. The number of thiazole rings is 1. The minimum Gasteiger partial charge on any atom is -0.310 e. The molecule has 4 aromatic heterocycles. The van der Waals surface area contributed by atoms with Gasteiger partial charge in [0.15, 0.2) is 5.65 Å². The molecule has 0 aliphatic heterocycles. The Morgan fingerprint density at radius 2 is 1.96 bits per heavy atom. The van der Waals surface area contributed by atoms with Crippen LogP contribution in [0.1, 0.15) is 51.6 Å². The van der Waals surface area contributed by atoms with Gasteiger partial charge >= 0.3 is 0 Å². The molecular formula is C20H20N6OS. The van der Waals surface area contributed by atoms with E-state index in [2.05, 4.69) is 22.0 Å². The van der Waals surface area contributed by atoms with Gasteiger partial charge in [0, 0.05) is 22.9 Å². The van der Waals surface area contributed by atoms with E-state index in [4.69, 9.17) is 9.97 Å². The Morgan fingerprint density at radius 1 is 1.14 bits per heavy atom. The summed E-state index contributed by atoms with van der Waals surface area (Å²) in [6, 6.07) is 1.92. The van der Waals surface area contributed by atoms with Gasteiger partial charge in [0.2, 0.25) is 0 Å². The summed E-state index contributed by atoms with van der Waals surface area (Å²) in [7, 11) is 0. The number of H-pyrrole nitrogens is 1. The normalized spacial score (nSPS) is 19.1. The zero-order valence-electron chi connectivity index (χ0n) is 15.9. The van der Waals surface area contributed by atoms with Crippen LogP contribution in [0.3, 0.4) is 0 Å². The highest BCUT2D eigenvalue weighted by atomic mass is 32.1. The first-order valence-electron chi connectivity index (χ1n) is 9.36. The summed E-state index contributed by atoms with van der Waals surface area (Å²) in [6.45, 7) is 6.14. The highest BCUT2D eigenvalue weighted by Gasteiger charge is 2.37. The van der Waals surface area contributed by atoms with Crippen molar-refractivity contribution in [2.24, 2.45) is 0 Å². The first kappa shape index (κ1) is 17.2. The van der Waals surface area contributed by atoms with E-state index < -0.39 is 0 Å². The molecule has 1 aliphatic rings. The lowest BCUT2D eigenvalue weighted by Gasteiger charge is -2.34. The van der Waals surface area contributed by atoms with Crippen molar-refractivity contribution >= 4 is 22.4 Å². The third kappa shape index (κ3) is 2.59. The Kier molecular flexibility index (Phi) is 3.90.